The van der Waals surface area contributed by atoms with E-state index in [1.54, 1.807) is 24.3 Å². The number of hydrogen-bond acceptors (Lipinski definition) is 10. The lowest BCUT2D eigenvalue weighted by atomic mass is 10.00. The minimum absolute atomic E-state index is 0.0282. The molecule has 46 heavy (non-hydrogen) atoms. The summed E-state index contributed by atoms with van der Waals surface area (Å²) in [7, 11) is 1.41. The standard InChI is InChI=1S/C29H31NO6.C6H5NO2S/c1-4-24(21-8-6-5-7-9-21)30-25(29(32)33-3)16-20-10-15-26-27(17-20)34-18-28(36-26)22-11-13-23(14-12-22)35-19(2)31;8-7(9)5-1-3-6(10)4-2-5/h5-15,17,24-25,28,30H,4,16,18H2,1-3H3;1-4,10H. The highest BCUT2D eigenvalue weighted by molar-refractivity contribution is 7.80. The highest BCUT2D eigenvalue weighted by atomic mass is 32.1. The SMILES string of the molecule is CCC(NC(Cc1ccc2c(c1)OCC(c1ccc(OC(C)=O)cc1)O2)C(=O)OC)c1ccccc1.O=[N+]([O-])c1ccc(S)cc1. The molecule has 0 radical (unpaired) electrons. The maximum Gasteiger partial charge on any atom is 0.323 e. The van der Waals surface area contributed by atoms with Crippen molar-refractivity contribution < 1.29 is 33.5 Å². The van der Waals surface area contributed by atoms with Gasteiger partial charge in [-0.1, -0.05) is 55.5 Å². The van der Waals surface area contributed by atoms with E-state index in [9.17, 15) is 19.7 Å². The molecule has 1 aliphatic rings. The van der Waals surface area contributed by atoms with Gasteiger partial charge in [-0.25, -0.2) is 0 Å². The first-order valence-corrected chi connectivity index (χ1v) is 15.1. The molecule has 0 spiro atoms. The minimum Gasteiger partial charge on any atom is -0.485 e. The van der Waals surface area contributed by atoms with Gasteiger partial charge in [-0.15, -0.1) is 12.6 Å². The third-order valence-corrected chi connectivity index (χ3v) is 7.48. The van der Waals surface area contributed by atoms with Crippen LogP contribution in [0.4, 0.5) is 5.69 Å². The monoisotopic (exact) mass is 644 g/mol. The topological polar surface area (TPSA) is 126 Å². The zero-order valence-electron chi connectivity index (χ0n) is 25.8. The molecule has 0 saturated carbocycles. The zero-order valence-corrected chi connectivity index (χ0v) is 26.6. The van der Waals surface area contributed by atoms with Crippen molar-refractivity contribution in [2.24, 2.45) is 0 Å². The van der Waals surface area contributed by atoms with E-state index in [0.29, 0.717) is 30.3 Å². The van der Waals surface area contributed by atoms with Crippen LogP contribution in [0.15, 0.2) is 102 Å². The predicted molar refractivity (Wildman–Crippen MR) is 176 cm³/mol. The number of thiol groups is 1. The van der Waals surface area contributed by atoms with Gasteiger partial charge < -0.3 is 18.9 Å². The summed E-state index contributed by atoms with van der Waals surface area (Å²) in [6.45, 7) is 3.80. The molecular formula is C35H36N2O8S. The van der Waals surface area contributed by atoms with E-state index in [-0.39, 0.29) is 29.8 Å². The van der Waals surface area contributed by atoms with E-state index >= 15 is 0 Å². The molecule has 10 nitrogen and oxygen atoms in total. The van der Waals surface area contributed by atoms with Crippen LogP contribution in [0.5, 0.6) is 17.2 Å². The van der Waals surface area contributed by atoms with Crippen LogP contribution < -0.4 is 19.5 Å². The molecule has 3 unspecified atom stereocenters. The number of esters is 2. The molecule has 240 valence electrons. The Morgan fingerprint density at radius 2 is 1.70 bits per heavy atom. The van der Waals surface area contributed by atoms with Gasteiger partial charge in [0, 0.05) is 30.0 Å². The average Bonchev–Trinajstić information content (AvgIpc) is 3.07. The van der Waals surface area contributed by atoms with E-state index in [4.69, 9.17) is 18.9 Å². The quantitative estimate of drug-likeness (QED) is 0.0628. The van der Waals surface area contributed by atoms with E-state index in [1.165, 1.54) is 26.2 Å². The van der Waals surface area contributed by atoms with Crippen LogP contribution in [0.2, 0.25) is 0 Å². The molecule has 0 saturated heterocycles. The summed E-state index contributed by atoms with van der Waals surface area (Å²) in [5, 5.41) is 13.6. The van der Waals surface area contributed by atoms with E-state index < -0.39 is 11.0 Å². The van der Waals surface area contributed by atoms with Crippen molar-refractivity contribution in [2.75, 3.05) is 13.7 Å². The number of nitrogens with zero attached hydrogens (tertiary/aromatic N) is 1. The number of ether oxygens (including phenoxy) is 4. The number of carbonyl (C=O) groups excluding carboxylic acids is 2. The molecule has 0 aromatic heterocycles. The Hall–Kier alpha value is -4.87. The van der Waals surface area contributed by atoms with Gasteiger partial charge in [0.25, 0.3) is 5.69 Å². The lowest BCUT2D eigenvalue weighted by Crippen LogP contribution is -2.41. The molecule has 1 N–H and O–H groups in total. The summed E-state index contributed by atoms with van der Waals surface area (Å²) in [4.78, 5) is 34.1. The van der Waals surface area contributed by atoms with Crippen LogP contribution in [0.1, 0.15) is 49.1 Å². The van der Waals surface area contributed by atoms with Crippen molar-refractivity contribution in [3.05, 3.63) is 124 Å². The summed E-state index contributed by atoms with van der Waals surface area (Å²) in [6.07, 6.45) is 1.01. The fourth-order valence-electron chi connectivity index (χ4n) is 4.86. The number of carbonyl (C=O) groups is 2. The Labute approximate surface area is 273 Å². The largest absolute Gasteiger partial charge is 0.485 e. The molecule has 4 aromatic rings. The number of fused-ring (bicyclic) bond motifs is 1. The zero-order chi connectivity index (χ0) is 33.1. The van der Waals surface area contributed by atoms with Crippen LogP contribution in [-0.4, -0.2) is 36.6 Å². The minimum atomic E-state index is -0.508. The Kier molecular flexibility index (Phi) is 12.2. The first-order chi connectivity index (χ1) is 22.2. The molecule has 4 aromatic carbocycles. The van der Waals surface area contributed by atoms with Gasteiger partial charge in [0.2, 0.25) is 0 Å². The fourth-order valence-corrected chi connectivity index (χ4v) is 5.01. The van der Waals surface area contributed by atoms with Gasteiger partial charge in [-0.3, -0.25) is 25.0 Å². The molecule has 0 amide bonds. The van der Waals surface area contributed by atoms with Gasteiger partial charge in [-0.2, -0.15) is 0 Å². The summed E-state index contributed by atoms with van der Waals surface area (Å²) < 4.78 is 22.4. The average molecular weight is 645 g/mol. The first kappa shape index (κ1) is 34.0. The van der Waals surface area contributed by atoms with Crippen molar-refractivity contribution in [1.82, 2.24) is 5.32 Å². The van der Waals surface area contributed by atoms with Gasteiger partial charge in [0.05, 0.1) is 12.0 Å². The third kappa shape index (κ3) is 9.56. The second-order valence-electron chi connectivity index (χ2n) is 10.5. The molecule has 1 heterocycles. The number of methoxy groups -OCH3 is 1. The highest BCUT2D eigenvalue weighted by Gasteiger charge is 2.26. The molecule has 3 atom stereocenters. The molecule has 5 rings (SSSR count). The number of nitrogens with one attached hydrogen (secondary N) is 1. The number of nitro groups is 1. The number of hydrogen-bond donors (Lipinski definition) is 2. The van der Waals surface area contributed by atoms with Crippen molar-refractivity contribution in [3.63, 3.8) is 0 Å². The van der Waals surface area contributed by atoms with Crippen molar-refractivity contribution in [1.29, 1.82) is 0 Å². The van der Waals surface area contributed by atoms with Crippen molar-refractivity contribution >= 4 is 30.3 Å². The third-order valence-electron chi connectivity index (χ3n) is 7.18. The van der Waals surface area contributed by atoms with E-state index in [1.807, 2.05) is 48.5 Å². The normalized spacial score (nSPS) is 14.6. The maximum absolute atomic E-state index is 12.6. The van der Waals surface area contributed by atoms with Crippen LogP contribution in [-0.2, 0) is 20.7 Å². The molecule has 11 heteroatoms. The molecule has 1 aliphatic heterocycles. The lowest BCUT2D eigenvalue weighted by Gasteiger charge is -2.28. The Morgan fingerprint density at radius 3 is 2.30 bits per heavy atom. The maximum atomic E-state index is 12.6. The van der Waals surface area contributed by atoms with Crippen LogP contribution in [0.25, 0.3) is 0 Å². The summed E-state index contributed by atoms with van der Waals surface area (Å²) in [6, 6.07) is 28.5. The predicted octanol–water partition coefficient (Wildman–Crippen LogP) is 6.83. The summed E-state index contributed by atoms with van der Waals surface area (Å²) >= 11 is 3.98. The smallest absolute Gasteiger partial charge is 0.323 e. The number of nitro benzene ring substituents is 1. The lowest BCUT2D eigenvalue weighted by molar-refractivity contribution is -0.384. The van der Waals surface area contributed by atoms with Gasteiger partial charge in [-0.05, 0) is 65.9 Å². The second-order valence-corrected chi connectivity index (χ2v) is 11.0. The van der Waals surface area contributed by atoms with Crippen molar-refractivity contribution in [3.8, 4) is 17.2 Å². The fraction of sp³-hybridized carbons (Fsp3) is 0.257. The molecule has 0 bridgehead atoms. The van der Waals surface area contributed by atoms with Crippen molar-refractivity contribution in [2.45, 2.75) is 49.8 Å². The van der Waals surface area contributed by atoms with Crippen LogP contribution >= 0.6 is 12.6 Å². The number of benzene rings is 4. The highest BCUT2D eigenvalue weighted by Crippen LogP contribution is 2.37. The molecule has 0 aliphatic carbocycles. The van der Waals surface area contributed by atoms with Gasteiger partial charge in [0.1, 0.15) is 18.4 Å². The molecular weight excluding hydrogens is 608 g/mol. The van der Waals surface area contributed by atoms with Crippen LogP contribution in [0.3, 0.4) is 0 Å². The second kappa shape index (κ2) is 16.4. The molecule has 0 fully saturated rings. The van der Waals surface area contributed by atoms with Gasteiger partial charge >= 0.3 is 11.9 Å². The first-order valence-electron chi connectivity index (χ1n) is 14.7. The number of non-ortho nitro benzene ring substituents is 1. The van der Waals surface area contributed by atoms with E-state index in [0.717, 1.165) is 28.0 Å². The Bertz CT molecular complexity index is 1610. The van der Waals surface area contributed by atoms with Gasteiger partial charge in [0.15, 0.2) is 17.6 Å². The van der Waals surface area contributed by atoms with Crippen LogP contribution in [0, 0.1) is 10.1 Å². The summed E-state index contributed by atoms with van der Waals surface area (Å²) in [5.41, 5.74) is 3.08. The Morgan fingerprint density at radius 1 is 1.00 bits per heavy atom. The summed E-state index contributed by atoms with van der Waals surface area (Å²) in [5.74, 6) is 1.09. The van der Waals surface area contributed by atoms with E-state index in [2.05, 4.69) is 37.0 Å². The Balaban J connectivity index is 0.000000409. The number of rotatable bonds is 10.